The average Bonchev–Trinajstić information content (AvgIpc) is 2.87. The van der Waals surface area contributed by atoms with Gasteiger partial charge in [-0.3, -0.25) is 13.9 Å². The van der Waals surface area contributed by atoms with E-state index in [4.69, 9.17) is 23.2 Å². The van der Waals surface area contributed by atoms with Crippen LogP contribution in [0.3, 0.4) is 0 Å². The highest BCUT2D eigenvalue weighted by molar-refractivity contribution is 7.92. The van der Waals surface area contributed by atoms with Gasteiger partial charge in [-0.25, -0.2) is 8.42 Å². The fourth-order valence-electron chi connectivity index (χ4n) is 4.04. The highest BCUT2D eigenvalue weighted by Crippen LogP contribution is 2.31. The van der Waals surface area contributed by atoms with E-state index in [0.29, 0.717) is 21.2 Å². The van der Waals surface area contributed by atoms with Crippen LogP contribution < -0.4 is 9.62 Å². The first-order valence-electron chi connectivity index (χ1n) is 12.5. The molecule has 0 bridgehead atoms. The van der Waals surface area contributed by atoms with Crippen LogP contribution in [0, 0.1) is 13.8 Å². The van der Waals surface area contributed by atoms with Gasteiger partial charge in [0.05, 0.1) is 10.6 Å². The number of rotatable bonds is 10. The van der Waals surface area contributed by atoms with Crippen LogP contribution in [0.15, 0.2) is 71.6 Å². The second-order valence-corrected chi connectivity index (χ2v) is 12.4. The summed E-state index contributed by atoms with van der Waals surface area (Å²) >= 11 is 12.5. The zero-order chi connectivity index (χ0) is 28.9. The van der Waals surface area contributed by atoms with Crippen molar-refractivity contribution in [2.45, 2.75) is 58.1 Å². The van der Waals surface area contributed by atoms with Gasteiger partial charge in [0.15, 0.2) is 0 Å². The third-order valence-electron chi connectivity index (χ3n) is 6.24. The summed E-state index contributed by atoms with van der Waals surface area (Å²) in [5.41, 5.74) is 2.38. The molecule has 0 aliphatic carbocycles. The van der Waals surface area contributed by atoms with Crippen molar-refractivity contribution in [2.24, 2.45) is 0 Å². The maximum atomic E-state index is 14.0. The first-order chi connectivity index (χ1) is 18.3. The van der Waals surface area contributed by atoms with E-state index in [0.717, 1.165) is 9.87 Å². The number of nitrogens with one attached hydrogen (secondary N) is 1. The lowest BCUT2D eigenvalue weighted by Gasteiger charge is -2.33. The van der Waals surface area contributed by atoms with Gasteiger partial charge in [0.1, 0.15) is 12.6 Å². The summed E-state index contributed by atoms with van der Waals surface area (Å²) < 4.78 is 28.9. The number of nitrogens with zero attached hydrogens (tertiary/aromatic N) is 2. The molecule has 1 unspecified atom stereocenters. The van der Waals surface area contributed by atoms with Crippen molar-refractivity contribution in [3.05, 3.63) is 93.5 Å². The van der Waals surface area contributed by atoms with E-state index >= 15 is 0 Å². The molecule has 1 atom stereocenters. The smallest absolute Gasteiger partial charge is 0.264 e. The van der Waals surface area contributed by atoms with E-state index in [-0.39, 0.29) is 29.1 Å². The average molecular weight is 591 g/mol. The monoisotopic (exact) mass is 589 g/mol. The lowest BCUT2D eigenvalue weighted by Crippen LogP contribution is -2.52. The van der Waals surface area contributed by atoms with Crippen molar-refractivity contribution < 1.29 is 18.0 Å². The largest absolute Gasteiger partial charge is 0.352 e. The maximum Gasteiger partial charge on any atom is 0.264 e. The number of carbonyl (C=O) groups is 2. The Morgan fingerprint density at radius 2 is 1.56 bits per heavy atom. The molecule has 208 valence electrons. The number of anilines is 1. The predicted molar refractivity (Wildman–Crippen MR) is 157 cm³/mol. The number of aryl methyl sites for hydroxylation is 1. The van der Waals surface area contributed by atoms with Gasteiger partial charge in [-0.1, -0.05) is 59.1 Å². The van der Waals surface area contributed by atoms with Crippen LogP contribution in [0.5, 0.6) is 0 Å². The minimum Gasteiger partial charge on any atom is -0.352 e. The summed E-state index contributed by atoms with van der Waals surface area (Å²) in [7, 11) is -4.18. The topological polar surface area (TPSA) is 86.8 Å². The minimum absolute atomic E-state index is 0.0345. The summed E-state index contributed by atoms with van der Waals surface area (Å²) in [6, 6.07) is 17.2. The molecule has 10 heteroatoms. The van der Waals surface area contributed by atoms with Crippen molar-refractivity contribution in [2.75, 3.05) is 10.8 Å². The number of halogens is 2. The molecule has 3 rings (SSSR count). The van der Waals surface area contributed by atoms with Gasteiger partial charge in [0.25, 0.3) is 10.0 Å². The Morgan fingerprint density at radius 3 is 2.18 bits per heavy atom. The van der Waals surface area contributed by atoms with E-state index in [1.165, 1.54) is 17.0 Å². The molecule has 0 saturated heterocycles. The molecule has 1 N–H and O–H groups in total. The zero-order valence-electron chi connectivity index (χ0n) is 22.6. The molecule has 0 heterocycles. The standard InChI is InChI=1S/C29H33Cl2N3O4S/c1-19(2)32-29(36)22(5)33(17-23-8-6-9-24(30)16-23)28(35)18-34(27-11-7-10-26(31)21(27)4)39(37,38)25-14-12-20(3)13-15-25/h6-16,19,22H,17-18H2,1-5H3,(H,32,36). The zero-order valence-corrected chi connectivity index (χ0v) is 24.9. The Balaban J connectivity index is 2.08. The number of hydrogen-bond acceptors (Lipinski definition) is 4. The Bertz CT molecular complexity index is 1440. The normalized spacial score (nSPS) is 12.2. The third-order valence-corrected chi connectivity index (χ3v) is 8.65. The minimum atomic E-state index is -4.18. The molecule has 3 aromatic carbocycles. The molecule has 0 aliphatic rings. The summed E-state index contributed by atoms with van der Waals surface area (Å²) in [5.74, 6) is -0.913. The molecular weight excluding hydrogens is 557 g/mol. The van der Waals surface area contributed by atoms with Gasteiger partial charge in [-0.15, -0.1) is 0 Å². The van der Waals surface area contributed by atoms with Gasteiger partial charge in [0.2, 0.25) is 11.8 Å². The number of sulfonamides is 1. The van der Waals surface area contributed by atoms with Crippen LogP contribution in [0.2, 0.25) is 10.0 Å². The van der Waals surface area contributed by atoms with Crippen LogP contribution in [0.4, 0.5) is 5.69 Å². The van der Waals surface area contributed by atoms with Crippen molar-refractivity contribution >= 4 is 50.7 Å². The Labute approximate surface area is 240 Å². The summed E-state index contributed by atoms with van der Waals surface area (Å²) in [6.07, 6.45) is 0. The number of hydrogen-bond donors (Lipinski definition) is 1. The van der Waals surface area contributed by atoms with E-state index in [1.54, 1.807) is 68.4 Å². The van der Waals surface area contributed by atoms with Gasteiger partial charge in [0, 0.05) is 22.6 Å². The molecular formula is C29H33Cl2N3O4S. The lowest BCUT2D eigenvalue weighted by atomic mass is 10.1. The number of benzene rings is 3. The number of amides is 2. The molecule has 39 heavy (non-hydrogen) atoms. The third kappa shape index (κ3) is 7.53. The Hall–Kier alpha value is -3.07. The molecule has 0 radical (unpaired) electrons. The molecule has 7 nitrogen and oxygen atoms in total. The second kappa shape index (κ2) is 12.9. The number of carbonyl (C=O) groups excluding carboxylic acids is 2. The SMILES string of the molecule is Cc1ccc(S(=O)(=O)N(CC(=O)N(Cc2cccc(Cl)c2)C(C)C(=O)NC(C)C)c2cccc(Cl)c2C)cc1. The molecule has 0 aliphatic heterocycles. The summed E-state index contributed by atoms with van der Waals surface area (Å²) in [4.78, 5) is 28.3. The molecule has 0 aromatic heterocycles. The van der Waals surface area contributed by atoms with Crippen LogP contribution in [0.1, 0.15) is 37.5 Å². The summed E-state index contributed by atoms with van der Waals surface area (Å²) in [6.45, 7) is 8.33. The molecule has 2 amide bonds. The first-order valence-corrected chi connectivity index (χ1v) is 14.7. The van der Waals surface area contributed by atoms with Crippen molar-refractivity contribution in [3.63, 3.8) is 0 Å². The Morgan fingerprint density at radius 1 is 0.923 bits per heavy atom. The van der Waals surface area contributed by atoms with Crippen LogP contribution in [0.25, 0.3) is 0 Å². The van der Waals surface area contributed by atoms with Gasteiger partial charge in [-0.05, 0) is 82.1 Å². The first kappa shape index (κ1) is 30.5. The van der Waals surface area contributed by atoms with Gasteiger partial charge >= 0.3 is 0 Å². The molecule has 0 saturated carbocycles. The fourth-order valence-corrected chi connectivity index (χ4v) is 5.89. The van der Waals surface area contributed by atoms with Gasteiger partial charge < -0.3 is 10.2 Å². The second-order valence-electron chi connectivity index (χ2n) is 9.70. The van der Waals surface area contributed by atoms with Gasteiger partial charge in [-0.2, -0.15) is 0 Å². The molecule has 0 fully saturated rings. The van der Waals surface area contributed by atoms with Crippen LogP contribution >= 0.6 is 23.2 Å². The quantitative estimate of drug-likeness (QED) is 0.326. The highest BCUT2D eigenvalue weighted by atomic mass is 35.5. The van der Waals surface area contributed by atoms with E-state index < -0.39 is 28.5 Å². The molecule has 3 aromatic rings. The van der Waals surface area contributed by atoms with Crippen molar-refractivity contribution in [3.8, 4) is 0 Å². The van der Waals surface area contributed by atoms with Crippen molar-refractivity contribution in [1.29, 1.82) is 0 Å². The van der Waals surface area contributed by atoms with Crippen LogP contribution in [-0.2, 0) is 26.2 Å². The van der Waals surface area contributed by atoms with E-state index in [2.05, 4.69) is 5.32 Å². The van der Waals surface area contributed by atoms with Crippen molar-refractivity contribution in [1.82, 2.24) is 10.2 Å². The van der Waals surface area contributed by atoms with E-state index in [9.17, 15) is 18.0 Å². The molecule has 0 spiro atoms. The lowest BCUT2D eigenvalue weighted by molar-refractivity contribution is -0.139. The fraction of sp³-hybridized carbons (Fsp3) is 0.310. The van der Waals surface area contributed by atoms with Crippen LogP contribution in [-0.4, -0.2) is 43.8 Å². The highest BCUT2D eigenvalue weighted by Gasteiger charge is 2.33. The Kier molecular flexibility index (Phi) is 10.0. The van der Waals surface area contributed by atoms with E-state index in [1.807, 2.05) is 20.8 Å². The predicted octanol–water partition coefficient (Wildman–Crippen LogP) is 5.75. The maximum absolute atomic E-state index is 14.0. The summed E-state index contributed by atoms with van der Waals surface area (Å²) in [5, 5.41) is 3.68.